The Morgan fingerprint density at radius 1 is 1.57 bits per heavy atom. The zero-order valence-corrected chi connectivity index (χ0v) is 7.54. The van der Waals surface area contributed by atoms with Crippen molar-refractivity contribution in [2.24, 2.45) is 0 Å². The molecule has 0 spiro atoms. The number of halogens is 1. The van der Waals surface area contributed by atoms with Crippen LogP contribution in [0.2, 0.25) is 0 Å². The van der Waals surface area contributed by atoms with E-state index in [0.29, 0.717) is 0 Å². The molecule has 1 rings (SSSR count). The molecule has 0 unspecified atom stereocenters. The van der Waals surface area contributed by atoms with E-state index in [-0.39, 0.29) is 12.4 Å². The predicted molar refractivity (Wildman–Crippen MR) is 20.4 cm³/mol. The molecule has 0 aliphatic heterocycles. The second-order valence-corrected chi connectivity index (χ2v) is 2.79. The van der Waals surface area contributed by atoms with Gasteiger partial charge in [-0.2, -0.15) is 0 Å². The molecule has 3 heteroatoms. The van der Waals surface area contributed by atoms with Crippen molar-refractivity contribution in [3.63, 3.8) is 0 Å². The maximum atomic E-state index is 3.06. The molecule has 1 nitrogen and oxygen atoms in total. The summed E-state index contributed by atoms with van der Waals surface area (Å²) >= 11 is 1.23. The average molecular weight is 167 g/mol. The first-order valence-electron chi connectivity index (χ1n) is 1.85. The molecule has 0 amide bonds. The van der Waals surface area contributed by atoms with Crippen LogP contribution in [0.25, 0.3) is 0 Å². The van der Waals surface area contributed by atoms with Gasteiger partial charge in [0.05, 0.1) is 0 Å². The van der Waals surface area contributed by atoms with Crippen molar-refractivity contribution in [2.45, 2.75) is 0 Å². The summed E-state index contributed by atoms with van der Waals surface area (Å²) in [6.07, 6.45) is 1.94. The van der Waals surface area contributed by atoms with Crippen LogP contribution in [-0.4, -0.2) is 4.98 Å². The van der Waals surface area contributed by atoms with Gasteiger partial charge in [-0.15, -0.1) is 0 Å². The molecule has 1 N–H and O–H groups in total. The second kappa shape index (κ2) is 3.23. The van der Waals surface area contributed by atoms with Gasteiger partial charge in [0.2, 0.25) is 0 Å². The van der Waals surface area contributed by atoms with E-state index >= 15 is 0 Å². The number of aromatic amines is 1. The van der Waals surface area contributed by atoms with E-state index < -0.39 is 0 Å². The number of nitrogens with one attached hydrogen (secondary N) is 1. The summed E-state index contributed by atoms with van der Waals surface area (Å²) in [5, 5.41) is 0. The third-order valence-electron chi connectivity index (χ3n) is 0.662. The first kappa shape index (κ1) is 7.19. The fourth-order valence-electron chi connectivity index (χ4n) is 0.368. The first-order valence-corrected chi connectivity index (χ1v) is 3.33. The van der Waals surface area contributed by atoms with Crippen LogP contribution in [0.15, 0.2) is 18.3 Å². The standard InChI is InChI=1S/C4H4N.ClH.Zn/c1-2-4-5-3-1;;/h1-3,5H;1H;/q;;+1/p-1. The van der Waals surface area contributed by atoms with Crippen molar-refractivity contribution in [1.29, 1.82) is 0 Å². The molecule has 7 heavy (non-hydrogen) atoms. The SMILES string of the molecule is [Cl-].[Zn+][c]1ccc[nH]1. The number of hydrogen-bond donors (Lipinski definition) is 1. The Kier molecular flexibility index (Phi) is 3.32. The van der Waals surface area contributed by atoms with Crippen LogP contribution < -0.4 is 16.7 Å². The van der Waals surface area contributed by atoms with E-state index in [0.717, 1.165) is 0 Å². The normalized spacial score (nSPS) is 7.71. The Morgan fingerprint density at radius 3 is 2.43 bits per heavy atom. The summed E-state index contributed by atoms with van der Waals surface area (Å²) < 4.78 is 1.34. The van der Waals surface area contributed by atoms with Crippen molar-refractivity contribution < 1.29 is 30.7 Å². The van der Waals surface area contributed by atoms with Crippen LogP contribution in [0.1, 0.15) is 0 Å². The van der Waals surface area contributed by atoms with Crippen molar-refractivity contribution in [3.05, 3.63) is 18.3 Å². The first-order chi connectivity index (χ1) is 2.89. The molecule has 1 aromatic heterocycles. The van der Waals surface area contributed by atoms with Gasteiger partial charge in [-0.1, -0.05) is 0 Å². The van der Waals surface area contributed by atoms with Gasteiger partial charge in [0.25, 0.3) is 0 Å². The molecule has 0 radical (unpaired) electrons. The van der Waals surface area contributed by atoms with E-state index in [1.807, 2.05) is 12.3 Å². The Morgan fingerprint density at radius 2 is 2.29 bits per heavy atom. The van der Waals surface area contributed by atoms with Crippen LogP contribution in [0, 0.1) is 0 Å². The quantitative estimate of drug-likeness (QED) is 0.401. The molecule has 0 aromatic carbocycles. The topological polar surface area (TPSA) is 15.8 Å². The van der Waals surface area contributed by atoms with Gasteiger partial charge >= 0.3 is 45.9 Å². The molecule has 0 aliphatic carbocycles. The third-order valence-corrected chi connectivity index (χ3v) is 1.59. The van der Waals surface area contributed by atoms with Crippen LogP contribution in [0.4, 0.5) is 0 Å². The van der Waals surface area contributed by atoms with E-state index in [4.69, 9.17) is 0 Å². The molecule has 0 fully saturated rings. The zero-order chi connectivity index (χ0) is 4.41. The summed E-state index contributed by atoms with van der Waals surface area (Å²) in [6, 6.07) is 4.10. The summed E-state index contributed by atoms with van der Waals surface area (Å²) in [5.41, 5.74) is 0. The minimum atomic E-state index is 0. The molecule has 0 bridgehead atoms. The van der Waals surface area contributed by atoms with Gasteiger partial charge in [-0.05, 0) is 0 Å². The molecule has 1 heterocycles. The van der Waals surface area contributed by atoms with Crippen molar-refractivity contribution in [1.82, 2.24) is 4.98 Å². The molecule has 34 valence electrons. The monoisotopic (exact) mass is 165 g/mol. The fraction of sp³-hybridized carbons (Fsp3) is 0. The number of rotatable bonds is 0. The summed E-state index contributed by atoms with van der Waals surface area (Å²) in [7, 11) is 0. The third kappa shape index (κ3) is 2.10. The predicted octanol–water partition coefficient (Wildman–Crippen LogP) is -2.81. The van der Waals surface area contributed by atoms with Gasteiger partial charge in [-0.25, -0.2) is 0 Å². The summed E-state index contributed by atoms with van der Waals surface area (Å²) in [4.78, 5) is 3.06. The molecule has 0 saturated carbocycles. The van der Waals surface area contributed by atoms with Crippen LogP contribution in [0.3, 0.4) is 0 Å². The Labute approximate surface area is 58.6 Å². The van der Waals surface area contributed by atoms with E-state index in [2.05, 4.69) is 11.1 Å². The number of hydrogen-bond acceptors (Lipinski definition) is 0. The summed E-state index contributed by atoms with van der Waals surface area (Å²) in [5.74, 6) is 0. The number of aromatic nitrogens is 1. The van der Waals surface area contributed by atoms with Crippen molar-refractivity contribution >= 4 is 4.29 Å². The Hall–Kier alpha value is 0.193. The minimum absolute atomic E-state index is 0. The Bertz CT molecular complexity index is 115. The molecular weight excluding hydrogens is 163 g/mol. The van der Waals surface area contributed by atoms with E-state index in [9.17, 15) is 0 Å². The van der Waals surface area contributed by atoms with Gasteiger partial charge in [-0.3, -0.25) is 0 Å². The fourth-order valence-corrected chi connectivity index (χ4v) is 0.900. The van der Waals surface area contributed by atoms with Gasteiger partial charge in [0.15, 0.2) is 0 Å². The van der Waals surface area contributed by atoms with Crippen molar-refractivity contribution in [3.8, 4) is 0 Å². The average Bonchev–Trinajstić information content (AvgIpc) is 1.86. The second-order valence-electron chi connectivity index (χ2n) is 1.20. The molecule has 0 aliphatic rings. The molecular formula is C4H4ClNZn. The van der Waals surface area contributed by atoms with Gasteiger partial charge in [0, 0.05) is 0 Å². The van der Waals surface area contributed by atoms with Gasteiger partial charge in [0.1, 0.15) is 0 Å². The molecule has 0 saturated heterocycles. The van der Waals surface area contributed by atoms with Crippen LogP contribution in [-0.2, 0) is 18.3 Å². The van der Waals surface area contributed by atoms with E-state index in [1.165, 1.54) is 22.6 Å². The Balaban J connectivity index is 0.000000360. The maximum absolute atomic E-state index is 3.06. The van der Waals surface area contributed by atoms with Gasteiger partial charge < -0.3 is 12.4 Å². The molecule has 0 atom stereocenters. The number of H-pyrrole nitrogens is 1. The van der Waals surface area contributed by atoms with E-state index in [1.54, 1.807) is 0 Å². The zero-order valence-electron chi connectivity index (χ0n) is 3.82. The summed E-state index contributed by atoms with van der Waals surface area (Å²) in [6.45, 7) is 0. The van der Waals surface area contributed by atoms with Crippen molar-refractivity contribution in [2.75, 3.05) is 0 Å². The molecule has 1 aromatic rings. The van der Waals surface area contributed by atoms with Crippen LogP contribution >= 0.6 is 0 Å². The van der Waals surface area contributed by atoms with Crippen LogP contribution in [0.5, 0.6) is 0 Å².